The van der Waals surface area contributed by atoms with Crippen molar-refractivity contribution in [3.63, 3.8) is 0 Å². The van der Waals surface area contributed by atoms with Crippen LogP contribution in [0.4, 0.5) is 0 Å². The molecule has 0 fully saturated rings. The quantitative estimate of drug-likeness (QED) is 0.696. The van der Waals surface area contributed by atoms with Gasteiger partial charge in [-0.2, -0.15) is 0 Å². The van der Waals surface area contributed by atoms with Crippen LogP contribution in [0.25, 0.3) is 0 Å². The molecule has 4 nitrogen and oxygen atoms in total. The summed E-state index contributed by atoms with van der Waals surface area (Å²) in [5.74, 6) is -0.334. The molecule has 4 heteroatoms. The molecule has 1 aromatic rings. The number of carbonyl (C=O) groups excluding carboxylic acids is 1. The Labute approximate surface area is 83.2 Å². The summed E-state index contributed by atoms with van der Waals surface area (Å²) in [5, 5.41) is 3.85. The van der Waals surface area contributed by atoms with Crippen LogP contribution in [0.15, 0.2) is 10.6 Å². The molecule has 0 saturated carbocycles. The van der Waals surface area contributed by atoms with Gasteiger partial charge < -0.3 is 9.26 Å². The highest BCUT2D eigenvalue weighted by Gasteiger charge is 2.24. The van der Waals surface area contributed by atoms with Gasteiger partial charge >= 0.3 is 5.97 Å². The number of hydrogen-bond donors (Lipinski definition) is 0. The largest absolute Gasteiger partial charge is 0.463 e. The lowest BCUT2D eigenvalue weighted by Crippen LogP contribution is -2.15. The standard InChI is InChI=1S/C10H15NO3/c1-5-10(2,3)8-6-7(14-11-8)9(12)13-4/h6H,5H2,1-4H3. The minimum absolute atomic E-state index is 0.0736. The number of esters is 1. The lowest BCUT2D eigenvalue weighted by molar-refractivity contribution is 0.0554. The molecule has 0 amide bonds. The van der Waals surface area contributed by atoms with Crippen molar-refractivity contribution in [1.82, 2.24) is 5.16 Å². The van der Waals surface area contributed by atoms with Gasteiger partial charge in [0.2, 0.25) is 5.76 Å². The summed E-state index contributed by atoms with van der Waals surface area (Å²) < 4.78 is 9.40. The van der Waals surface area contributed by atoms with Crippen LogP contribution in [-0.4, -0.2) is 18.2 Å². The van der Waals surface area contributed by atoms with Crippen molar-refractivity contribution < 1.29 is 14.1 Å². The third-order valence-corrected chi connectivity index (χ3v) is 2.47. The SMILES string of the molecule is CCC(C)(C)c1cc(C(=O)OC)on1. The zero-order chi connectivity index (χ0) is 10.8. The highest BCUT2D eigenvalue weighted by atomic mass is 16.5. The van der Waals surface area contributed by atoms with Crippen molar-refractivity contribution in [2.45, 2.75) is 32.6 Å². The van der Waals surface area contributed by atoms with E-state index in [0.29, 0.717) is 0 Å². The molecule has 78 valence electrons. The third kappa shape index (κ3) is 1.95. The molecule has 1 heterocycles. The van der Waals surface area contributed by atoms with Crippen molar-refractivity contribution in [1.29, 1.82) is 0 Å². The first-order valence-corrected chi connectivity index (χ1v) is 4.56. The summed E-state index contributed by atoms with van der Waals surface area (Å²) in [6.07, 6.45) is 0.931. The number of aromatic nitrogens is 1. The minimum atomic E-state index is -0.490. The molecule has 0 aliphatic rings. The molecule has 0 atom stereocenters. The molecular formula is C10H15NO3. The number of ether oxygens (including phenoxy) is 1. The van der Waals surface area contributed by atoms with Crippen LogP contribution >= 0.6 is 0 Å². The Morgan fingerprint density at radius 1 is 1.64 bits per heavy atom. The summed E-state index contributed by atoms with van der Waals surface area (Å²) >= 11 is 0. The van der Waals surface area contributed by atoms with E-state index in [4.69, 9.17) is 4.52 Å². The van der Waals surface area contributed by atoms with E-state index in [-0.39, 0.29) is 11.2 Å². The number of carbonyl (C=O) groups is 1. The van der Waals surface area contributed by atoms with Crippen molar-refractivity contribution in [3.05, 3.63) is 17.5 Å². The Balaban J connectivity index is 2.93. The zero-order valence-corrected chi connectivity index (χ0v) is 8.96. The van der Waals surface area contributed by atoms with Crippen molar-refractivity contribution in [2.75, 3.05) is 7.11 Å². The Morgan fingerprint density at radius 3 is 2.79 bits per heavy atom. The van der Waals surface area contributed by atoms with Gasteiger partial charge in [0.15, 0.2) is 0 Å². The first-order chi connectivity index (χ1) is 6.51. The molecule has 1 aromatic heterocycles. The van der Waals surface area contributed by atoms with Crippen LogP contribution in [-0.2, 0) is 10.2 Å². The van der Waals surface area contributed by atoms with E-state index in [9.17, 15) is 4.79 Å². The van der Waals surface area contributed by atoms with Gasteiger partial charge in [-0.25, -0.2) is 4.79 Å². The van der Waals surface area contributed by atoms with E-state index in [2.05, 4.69) is 16.8 Å². The van der Waals surface area contributed by atoms with Gasteiger partial charge in [-0.05, 0) is 6.42 Å². The van der Waals surface area contributed by atoms with Gasteiger partial charge in [0.25, 0.3) is 0 Å². The van der Waals surface area contributed by atoms with Crippen molar-refractivity contribution in [2.24, 2.45) is 0 Å². The van der Waals surface area contributed by atoms with E-state index >= 15 is 0 Å². The minimum Gasteiger partial charge on any atom is -0.463 e. The summed E-state index contributed by atoms with van der Waals surface area (Å²) in [4.78, 5) is 11.1. The fraction of sp³-hybridized carbons (Fsp3) is 0.600. The first kappa shape index (κ1) is 10.8. The lowest BCUT2D eigenvalue weighted by Gasteiger charge is -2.18. The maximum absolute atomic E-state index is 11.1. The molecule has 0 bridgehead atoms. The van der Waals surface area contributed by atoms with Crippen LogP contribution in [0.5, 0.6) is 0 Å². The molecule has 0 aromatic carbocycles. The lowest BCUT2D eigenvalue weighted by atomic mass is 9.86. The summed E-state index contributed by atoms with van der Waals surface area (Å²) in [6.45, 7) is 6.16. The highest BCUT2D eigenvalue weighted by molar-refractivity contribution is 5.86. The number of rotatable bonds is 3. The zero-order valence-electron chi connectivity index (χ0n) is 8.96. The van der Waals surface area contributed by atoms with Crippen LogP contribution in [0.2, 0.25) is 0 Å². The van der Waals surface area contributed by atoms with E-state index in [0.717, 1.165) is 12.1 Å². The van der Waals surface area contributed by atoms with Gasteiger partial charge in [0.1, 0.15) is 0 Å². The Hall–Kier alpha value is -1.32. The molecule has 0 spiro atoms. The van der Waals surface area contributed by atoms with Gasteiger partial charge in [0.05, 0.1) is 12.8 Å². The fourth-order valence-electron chi connectivity index (χ4n) is 0.972. The monoisotopic (exact) mass is 197 g/mol. The first-order valence-electron chi connectivity index (χ1n) is 4.56. The van der Waals surface area contributed by atoms with Crippen molar-refractivity contribution in [3.8, 4) is 0 Å². The molecular weight excluding hydrogens is 182 g/mol. The molecule has 0 unspecified atom stereocenters. The van der Waals surface area contributed by atoms with E-state index in [1.54, 1.807) is 6.07 Å². The summed E-state index contributed by atoms with van der Waals surface area (Å²) in [5.41, 5.74) is 0.705. The van der Waals surface area contributed by atoms with Crippen molar-refractivity contribution >= 4 is 5.97 Å². The second-order valence-corrected chi connectivity index (χ2v) is 3.81. The smallest absolute Gasteiger partial charge is 0.376 e. The third-order valence-electron chi connectivity index (χ3n) is 2.47. The van der Waals surface area contributed by atoms with E-state index in [1.165, 1.54) is 7.11 Å². The van der Waals surface area contributed by atoms with Crippen LogP contribution < -0.4 is 0 Å². The Morgan fingerprint density at radius 2 is 2.29 bits per heavy atom. The van der Waals surface area contributed by atoms with Gasteiger partial charge in [0, 0.05) is 11.5 Å². The van der Waals surface area contributed by atoms with Gasteiger partial charge in [-0.3, -0.25) is 0 Å². The second-order valence-electron chi connectivity index (χ2n) is 3.81. The second kappa shape index (κ2) is 3.82. The highest BCUT2D eigenvalue weighted by Crippen LogP contribution is 2.26. The predicted octanol–water partition coefficient (Wildman–Crippen LogP) is 2.15. The average Bonchev–Trinajstić information content (AvgIpc) is 2.66. The molecule has 0 saturated heterocycles. The van der Waals surface area contributed by atoms with Gasteiger partial charge in [-0.15, -0.1) is 0 Å². The maximum atomic E-state index is 11.1. The van der Waals surface area contributed by atoms with E-state index in [1.807, 2.05) is 13.8 Å². The molecule has 0 aliphatic heterocycles. The molecule has 0 N–H and O–H groups in total. The molecule has 0 aliphatic carbocycles. The number of hydrogen-bond acceptors (Lipinski definition) is 4. The Kier molecular flexibility index (Phi) is 2.93. The summed E-state index contributed by atoms with van der Waals surface area (Å²) in [7, 11) is 1.31. The van der Waals surface area contributed by atoms with Crippen LogP contribution in [0.3, 0.4) is 0 Å². The number of nitrogens with zero attached hydrogens (tertiary/aromatic N) is 1. The maximum Gasteiger partial charge on any atom is 0.376 e. The molecule has 0 radical (unpaired) electrons. The topological polar surface area (TPSA) is 52.3 Å². The Bertz CT molecular complexity index is 328. The normalized spacial score (nSPS) is 11.4. The average molecular weight is 197 g/mol. The predicted molar refractivity (Wildman–Crippen MR) is 51.2 cm³/mol. The summed E-state index contributed by atoms with van der Waals surface area (Å²) in [6, 6.07) is 1.63. The van der Waals surface area contributed by atoms with Crippen LogP contribution in [0.1, 0.15) is 43.4 Å². The van der Waals surface area contributed by atoms with Gasteiger partial charge in [-0.1, -0.05) is 25.9 Å². The molecule has 1 rings (SSSR count). The fourth-order valence-corrected chi connectivity index (χ4v) is 0.972. The number of methoxy groups -OCH3 is 1. The molecule has 14 heavy (non-hydrogen) atoms. The van der Waals surface area contributed by atoms with E-state index < -0.39 is 5.97 Å². The van der Waals surface area contributed by atoms with Crippen LogP contribution in [0, 0.1) is 0 Å².